The zero-order valence-electron chi connectivity index (χ0n) is 15.0. The number of nitrogens with one attached hydrogen (secondary N) is 2. The van der Waals surface area contributed by atoms with Crippen molar-refractivity contribution in [2.24, 2.45) is 11.8 Å². The number of anilines is 1. The molecule has 3 aliphatic rings. The topological polar surface area (TPSA) is 98.7 Å². The molecule has 0 aromatic heterocycles. The zero-order chi connectivity index (χ0) is 18.8. The van der Waals surface area contributed by atoms with Crippen molar-refractivity contribution in [3.8, 4) is 0 Å². The number of carbonyl (C=O) groups excluding carboxylic acids is 3. The SMILES string of the molecule is CC[C@@H](C)N1C(=O)[C@@H]2[C@@H]([C@@H](C)O)N[C@@]3(C(=O)Nc4ccccc43)[C@@H]2C1=O. The molecular weight excluding hydrogens is 334 g/mol. The van der Waals surface area contributed by atoms with Crippen molar-refractivity contribution >= 4 is 23.4 Å². The molecule has 0 saturated carbocycles. The summed E-state index contributed by atoms with van der Waals surface area (Å²) < 4.78 is 0. The monoisotopic (exact) mass is 357 g/mol. The van der Waals surface area contributed by atoms with Gasteiger partial charge in [0.2, 0.25) is 17.7 Å². The van der Waals surface area contributed by atoms with Crippen LogP contribution in [-0.2, 0) is 19.9 Å². The molecule has 7 nitrogen and oxygen atoms in total. The Morgan fingerprint density at radius 3 is 2.54 bits per heavy atom. The molecule has 1 aromatic rings. The van der Waals surface area contributed by atoms with Gasteiger partial charge in [0, 0.05) is 23.3 Å². The van der Waals surface area contributed by atoms with E-state index in [9.17, 15) is 19.5 Å². The van der Waals surface area contributed by atoms with Gasteiger partial charge in [-0.15, -0.1) is 0 Å². The van der Waals surface area contributed by atoms with Gasteiger partial charge in [0.15, 0.2) is 0 Å². The molecule has 2 fully saturated rings. The van der Waals surface area contributed by atoms with Crippen molar-refractivity contribution < 1.29 is 19.5 Å². The minimum absolute atomic E-state index is 0.244. The number of likely N-dealkylation sites (tertiary alicyclic amines) is 1. The van der Waals surface area contributed by atoms with E-state index in [1.165, 1.54) is 4.90 Å². The first-order valence-corrected chi connectivity index (χ1v) is 9.08. The van der Waals surface area contributed by atoms with E-state index in [0.29, 0.717) is 17.7 Å². The number of benzene rings is 1. The summed E-state index contributed by atoms with van der Waals surface area (Å²) in [6, 6.07) is 6.28. The van der Waals surface area contributed by atoms with E-state index < -0.39 is 29.5 Å². The van der Waals surface area contributed by atoms with Gasteiger partial charge in [0.1, 0.15) is 5.54 Å². The highest BCUT2D eigenvalue weighted by molar-refractivity contribution is 6.15. The smallest absolute Gasteiger partial charge is 0.250 e. The fraction of sp³-hybridized carbons (Fsp3) is 0.526. The fourth-order valence-electron chi connectivity index (χ4n) is 4.74. The Labute approximate surface area is 151 Å². The van der Waals surface area contributed by atoms with Gasteiger partial charge in [0.05, 0.1) is 17.9 Å². The van der Waals surface area contributed by atoms with Crippen LogP contribution in [-0.4, -0.2) is 45.9 Å². The average molecular weight is 357 g/mol. The molecule has 3 heterocycles. The highest BCUT2D eigenvalue weighted by Crippen LogP contribution is 2.53. The van der Waals surface area contributed by atoms with Gasteiger partial charge in [-0.1, -0.05) is 25.1 Å². The number of hydrogen-bond donors (Lipinski definition) is 3. The molecule has 1 aromatic carbocycles. The molecule has 0 unspecified atom stereocenters. The lowest BCUT2D eigenvalue weighted by molar-refractivity contribution is -0.145. The molecule has 0 aliphatic carbocycles. The van der Waals surface area contributed by atoms with E-state index in [4.69, 9.17) is 0 Å². The van der Waals surface area contributed by atoms with Crippen LogP contribution in [0.25, 0.3) is 0 Å². The number of amides is 3. The molecule has 2 saturated heterocycles. The Morgan fingerprint density at radius 2 is 1.88 bits per heavy atom. The number of rotatable bonds is 3. The standard InChI is InChI=1S/C19H23N3O4/c1-4-9(2)22-16(24)13-14(17(22)25)19(21-15(13)10(3)23)11-7-5-6-8-12(11)20-18(19)26/h5-10,13-15,21,23H,4H2,1-3H3,(H,20,26)/t9-,10-,13+,14+,15-,19-/m1/s1. The molecule has 3 N–H and O–H groups in total. The number of para-hydroxylation sites is 1. The first kappa shape index (κ1) is 17.2. The van der Waals surface area contributed by atoms with Crippen molar-refractivity contribution in [2.45, 2.75) is 50.9 Å². The molecular formula is C19H23N3O4. The molecule has 138 valence electrons. The van der Waals surface area contributed by atoms with E-state index in [0.717, 1.165) is 0 Å². The summed E-state index contributed by atoms with van der Waals surface area (Å²) in [7, 11) is 0. The van der Waals surface area contributed by atoms with Crippen LogP contribution in [0.4, 0.5) is 5.69 Å². The van der Waals surface area contributed by atoms with Crippen molar-refractivity contribution in [3.05, 3.63) is 29.8 Å². The van der Waals surface area contributed by atoms with Gasteiger partial charge in [-0.2, -0.15) is 0 Å². The maximum absolute atomic E-state index is 13.3. The third-order valence-electron chi connectivity index (χ3n) is 6.14. The normalized spacial score (nSPS) is 34.8. The van der Waals surface area contributed by atoms with Crippen LogP contribution >= 0.6 is 0 Å². The summed E-state index contributed by atoms with van der Waals surface area (Å²) >= 11 is 0. The molecule has 7 heteroatoms. The van der Waals surface area contributed by atoms with Crippen LogP contribution < -0.4 is 10.6 Å². The number of carbonyl (C=O) groups is 3. The van der Waals surface area contributed by atoms with Crippen molar-refractivity contribution in [1.29, 1.82) is 0 Å². The van der Waals surface area contributed by atoms with Crippen LogP contribution in [0.15, 0.2) is 24.3 Å². The predicted octanol–water partition coefficient (Wildman–Crippen LogP) is 0.586. The van der Waals surface area contributed by atoms with Gasteiger partial charge in [-0.3, -0.25) is 24.6 Å². The minimum atomic E-state index is -1.32. The number of hydrogen-bond acceptors (Lipinski definition) is 5. The molecule has 26 heavy (non-hydrogen) atoms. The lowest BCUT2D eigenvalue weighted by atomic mass is 9.76. The summed E-state index contributed by atoms with van der Waals surface area (Å²) in [5, 5.41) is 16.3. The van der Waals surface area contributed by atoms with E-state index in [1.807, 2.05) is 19.9 Å². The summed E-state index contributed by atoms with van der Waals surface area (Å²) in [5.74, 6) is -2.59. The Bertz CT molecular complexity index is 808. The van der Waals surface area contributed by atoms with Crippen molar-refractivity contribution in [1.82, 2.24) is 10.2 Å². The summed E-state index contributed by atoms with van der Waals surface area (Å²) in [6.45, 7) is 5.32. The number of fused-ring (bicyclic) bond motifs is 4. The molecule has 3 amide bonds. The number of imide groups is 1. The van der Waals surface area contributed by atoms with Gasteiger partial charge >= 0.3 is 0 Å². The second kappa shape index (κ2) is 5.62. The van der Waals surface area contributed by atoms with Crippen LogP contribution in [0.5, 0.6) is 0 Å². The Morgan fingerprint density at radius 1 is 1.19 bits per heavy atom. The van der Waals surface area contributed by atoms with E-state index >= 15 is 0 Å². The predicted molar refractivity (Wildman–Crippen MR) is 93.9 cm³/mol. The molecule has 4 rings (SSSR count). The molecule has 1 spiro atoms. The zero-order valence-corrected chi connectivity index (χ0v) is 15.0. The van der Waals surface area contributed by atoms with E-state index in [2.05, 4.69) is 10.6 Å². The maximum atomic E-state index is 13.3. The number of aliphatic hydroxyl groups excluding tert-OH is 1. The Balaban J connectivity index is 1.90. The summed E-state index contributed by atoms with van der Waals surface area (Å²) in [4.78, 5) is 40.7. The van der Waals surface area contributed by atoms with Crippen LogP contribution in [0.1, 0.15) is 32.8 Å². The lowest BCUT2D eigenvalue weighted by Gasteiger charge is -2.31. The maximum Gasteiger partial charge on any atom is 0.250 e. The van der Waals surface area contributed by atoms with E-state index in [-0.39, 0.29) is 23.8 Å². The molecule has 6 atom stereocenters. The summed E-state index contributed by atoms with van der Waals surface area (Å²) in [6.07, 6.45) is -0.240. The quantitative estimate of drug-likeness (QED) is 0.688. The van der Waals surface area contributed by atoms with Crippen LogP contribution in [0.2, 0.25) is 0 Å². The second-order valence-corrected chi connectivity index (χ2v) is 7.53. The third-order valence-corrected chi connectivity index (χ3v) is 6.14. The average Bonchev–Trinajstić information content (AvgIpc) is 3.20. The summed E-state index contributed by atoms with van der Waals surface area (Å²) in [5.41, 5.74) is -0.0229. The highest BCUT2D eigenvalue weighted by atomic mass is 16.3. The van der Waals surface area contributed by atoms with Gasteiger partial charge in [-0.25, -0.2) is 0 Å². The van der Waals surface area contributed by atoms with Crippen LogP contribution in [0, 0.1) is 11.8 Å². The minimum Gasteiger partial charge on any atom is -0.392 e. The molecule has 3 aliphatic heterocycles. The largest absolute Gasteiger partial charge is 0.392 e. The Hall–Kier alpha value is -2.25. The van der Waals surface area contributed by atoms with Crippen LogP contribution in [0.3, 0.4) is 0 Å². The lowest BCUT2D eigenvalue weighted by Crippen LogP contribution is -2.55. The third kappa shape index (κ3) is 1.92. The van der Waals surface area contributed by atoms with Crippen molar-refractivity contribution in [2.75, 3.05) is 5.32 Å². The Kier molecular flexibility index (Phi) is 3.71. The van der Waals surface area contributed by atoms with E-state index in [1.54, 1.807) is 25.1 Å². The fourth-order valence-corrected chi connectivity index (χ4v) is 4.74. The molecule has 0 bridgehead atoms. The van der Waals surface area contributed by atoms with Crippen molar-refractivity contribution in [3.63, 3.8) is 0 Å². The van der Waals surface area contributed by atoms with Gasteiger partial charge in [0.25, 0.3) is 0 Å². The molecule has 0 radical (unpaired) electrons. The highest BCUT2D eigenvalue weighted by Gasteiger charge is 2.71. The first-order chi connectivity index (χ1) is 12.3. The first-order valence-electron chi connectivity index (χ1n) is 9.08. The number of aliphatic hydroxyl groups is 1. The van der Waals surface area contributed by atoms with Gasteiger partial charge in [-0.05, 0) is 26.3 Å². The number of nitrogens with zero attached hydrogens (tertiary/aromatic N) is 1. The second-order valence-electron chi connectivity index (χ2n) is 7.53. The van der Waals surface area contributed by atoms with Gasteiger partial charge < -0.3 is 10.4 Å².